The van der Waals surface area contributed by atoms with Crippen LogP contribution in [-0.4, -0.2) is 12.1 Å². The highest BCUT2D eigenvalue weighted by atomic mass is 79.9. The number of rotatable bonds is 2. The minimum Gasteiger partial charge on any atom is -0.380 e. The molecule has 1 aromatic carbocycles. The summed E-state index contributed by atoms with van der Waals surface area (Å²) < 4.78 is 2.22. The quantitative estimate of drug-likeness (QED) is 0.851. The van der Waals surface area contributed by atoms with Crippen LogP contribution in [0.2, 0.25) is 0 Å². The minimum atomic E-state index is 0.403. The number of benzene rings is 1. The fraction of sp³-hybridized carbons (Fsp3) is 0.500. The number of anilines is 1. The molecule has 0 heterocycles. The molecule has 4 heteroatoms. The van der Waals surface area contributed by atoms with Gasteiger partial charge in [-0.05, 0) is 69.7 Å². The van der Waals surface area contributed by atoms with E-state index in [2.05, 4.69) is 49.3 Å². The lowest BCUT2D eigenvalue weighted by molar-refractivity contribution is 0.411. The number of para-hydroxylation sites is 1. The van der Waals surface area contributed by atoms with Gasteiger partial charge in [0.2, 0.25) is 0 Å². The van der Waals surface area contributed by atoms with Crippen LogP contribution in [0.1, 0.15) is 25.7 Å². The lowest BCUT2D eigenvalue weighted by Crippen LogP contribution is -2.32. The summed E-state index contributed by atoms with van der Waals surface area (Å²) in [4.78, 5) is 0. The van der Waals surface area contributed by atoms with E-state index in [9.17, 15) is 0 Å². The summed E-state index contributed by atoms with van der Waals surface area (Å²) in [5.41, 5.74) is 7.06. The Bertz CT molecular complexity index is 340. The summed E-state index contributed by atoms with van der Waals surface area (Å²) in [6.07, 6.45) is 4.57. The van der Waals surface area contributed by atoms with Gasteiger partial charge in [-0.25, -0.2) is 0 Å². The van der Waals surface area contributed by atoms with Crippen molar-refractivity contribution in [3.8, 4) is 0 Å². The summed E-state index contributed by atoms with van der Waals surface area (Å²) in [5, 5.41) is 3.59. The SMILES string of the molecule is NC1CCC(Nc2c(Br)cccc2Br)CC1. The van der Waals surface area contributed by atoms with E-state index in [1.54, 1.807) is 0 Å². The van der Waals surface area contributed by atoms with Gasteiger partial charge < -0.3 is 11.1 Å². The maximum absolute atomic E-state index is 5.90. The smallest absolute Gasteiger partial charge is 0.0631 e. The zero-order chi connectivity index (χ0) is 11.5. The monoisotopic (exact) mass is 346 g/mol. The standard InChI is InChI=1S/C12H16Br2N2/c13-10-2-1-3-11(14)12(10)16-9-6-4-8(15)5-7-9/h1-3,8-9,16H,4-7,15H2. The molecule has 1 aliphatic rings. The fourth-order valence-electron chi connectivity index (χ4n) is 2.10. The lowest BCUT2D eigenvalue weighted by Gasteiger charge is -2.28. The predicted molar refractivity (Wildman–Crippen MR) is 75.7 cm³/mol. The van der Waals surface area contributed by atoms with Gasteiger partial charge in [-0.1, -0.05) is 6.07 Å². The molecular weight excluding hydrogens is 332 g/mol. The van der Waals surface area contributed by atoms with Gasteiger partial charge in [-0.15, -0.1) is 0 Å². The van der Waals surface area contributed by atoms with Crippen LogP contribution in [0.4, 0.5) is 5.69 Å². The third-order valence-corrected chi connectivity index (χ3v) is 4.40. The summed E-state index contributed by atoms with van der Waals surface area (Å²) in [7, 11) is 0. The average Bonchev–Trinajstić information content (AvgIpc) is 2.26. The van der Waals surface area contributed by atoms with Crippen molar-refractivity contribution in [3.05, 3.63) is 27.1 Å². The molecule has 3 N–H and O–H groups in total. The van der Waals surface area contributed by atoms with Crippen molar-refractivity contribution in [2.75, 3.05) is 5.32 Å². The van der Waals surface area contributed by atoms with Gasteiger partial charge in [0.25, 0.3) is 0 Å². The molecule has 0 unspecified atom stereocenters. The number of hydrogen-bond donors (Lipinski definition) is 2. The van der Waals surface area contributed by atoms with E-state index in [4.69, 9.17) is 5.73 Å². The Hall–Kier alpha value is -0.0600. The van der Waals surface area contributed by atoms with E-state index < -0.39 is 0 Å². The first-order valence-electron chi connectivity index (χ1n) is 5.63. The van der Waals surface area contributed by atoms with Gasteiger partial charge in [-0.2, -0.15) is 0 Å². The van der Waals surface area contributed by atoms with Crippen molar-refractivity contribution < 1.29 is 0 Å². The summed E-state index contributed by atoms with van der Waals surface area (Å²) in [6.45, 7) is 0. The van der Waals surface area contributed by atoms with Crippen LogP contribution in [-0.2, 0) is 0 Å². The third kappa shape index (κ3) is 2.99. The predicted octanol–water partition coefficient (Wildman–Crippen LogP) is 3.89. The highest BCUT2D eigenvalue weighted by molar-refractivity contribution is 9.11. The molecule has 2 nitrogen and oxygen atoms in total. The van der Waals surface area contributed by atoms with E-state index in [1.165, 1.54) is 0 Å². The molecule has 2 rings (SSSR count). The molecule has 1 aromatic rings. The maximum atomic E-state index is 5.90. The van der Waals surface area contributed by atoms with E-state index in [0.717, 1.165) is 40.3 Å². The van der Waals surface area contributed by atoms with Crippen LogP contribution in [0.25, 0.3) is 0 Å². The zero-order valence-electron chi connectivity index (χ0n) is 9.05. The lowest BCUT2D eigenvalue weighted by atomic mass is 9.92. The number of nitrogens with two attached hydrogens (primary N) is 1. The van der Waals surface area contributed by atoms with Crippen LogP contribution >= 0.6 is 31.9 Å². The van der Waals surface area contributed by atoms with Gasteiger partial charge in [0.05, 0.1) is 5.69 Å². The van der Waals surface area contributed by atoms with Crippen LogP contribution in [0, 0.1) is 0 Å². The Labute approximate surface area is 113 Å². The van der Waals surface area contributed by atoms with Crippen LogP contribution in [0.3, 0.4) is 0 Å². The second-order valence-corrected chi connectivity index (χ2v) is 6.06. The number of halogens is 2. The number of hydrogen-bond acceptors (Lipinski definition) is 2. The zero-order valence-corrected chi connectivity index (χ0v) is 12.2. The molecule has 0 bridgehead atoms. The highest BCUT2D eigenvalue weighted by Crippen LogP contribution is 2.33. The van der Waals surface area contributed by atoms with Crippen LogP contribution in [0.15, 0.2) is 27.1 Å². The van der Waals surface area contributed by atoms with Gasteiger partial charge in [0.1, 0.15) is 0 Å². The van der Waals surface area contributed by atoms with Crippen molar-refractivity contribution in [2.24, 2.45) is 5.73 Å². The minimum absolute atomic E-state index is 0.403. The van der Waals surface area contributed by atoms with Crippen molar-refractivity contribution in [1.29, 1.82) is 0 Å². The highest BCUT2D eigenvalue weighted by Gasteiger charge is 2.19. The molecule has 0 spiro atoms. The normalized spacial score (nSPS) is 25.4. The molecule has 0 amide bonds. The van der Waals surface area contributed by atoms with E-state index >= 15 is 0 Å². The first-order chi connectivity index (χ1) is 7.66. The van der Waals surface area contributed by atoms with Gasteiger partial charge in [-0.3, -0.25) is 0 Å². The van der Waals surface area contributed by atoms with Gasteiger partial charge in [0.15, 0.2) is 0 Å². The summed E-state index contributed by atoms with van der Waals surface area (Å²) >= 11 is 7.14. The molecule has 1 saturated carbocycles. The van der Waals surface area contributed by atoms with Crippen molar-refractivity contribution in [1.82, 2.24) is 0 Å². The van der Waals surface area contributed by atoms with Crippen LogP contribution < -0.4 is 11.1 Å². The molecule has 1 fully saturated rings. The number of nitrogens with one attached hydrogen (secondary N) is 1. The molecule has 0 radical (unpaired) electrons. The summed E-state index contributed by atoms with van der Waals surface area (Å²) in [6, 6.07) is 7.09. The Morgan fingerprint density at radius 1 is 1.06 bits per heavy atom. The van der Waals surface area contributed by atoms with E-state index in [0.29, 0.717) is 12.1 Å². The Morgan fingerprint density at radius 2 is 1.62 bits per heavy atom. The molecular formula is C12H16Br2N2. The second-order valence-electron chi connectivity index (χ2n) is 4.35. The molecule has 0 atom stereocenters. The molecule has 16 heavy (non-hydrogen) atoms. The largest absolute Gasteiger partial charge is 0.380 e. The molecule has 0 saturated heterocycles. The van der Waals surface area contributed by atoms with Gasteiger partial charge in [0, 0.05) is 21.0 Å². The first-order valence-corrected chi connectivity index (χ1v) is 7.21. The van der Waals surface area contributed by atoms with Crippen molar-refractivity contribution in [2.45, 2.75) is 37.8 Å². The van der Waals surface area contributed by atoms with Crippen molar-refractivity contribution in [3.63, 3.8) is 0 Å². The molecule has 0 aromatic heterocycles. The van der Waals surface area contributed by atoms with Crippen molar-refractivity contribution >= 4 is 37.5 Å². The average molecular weight is 348 g/mol. The fourth-order valence-corrected chi connectivity index (χ4v) is 3.33. The van der Waals surface area contributed by atoms with Crippen LogP contribution in [0.5, 0.6) is 0 Å². The van der Waals surface area contributed by atoms with E-state index in [1.807, 2.05) is 6.07 Å². The summed E-state index contributed by atoms with van der Waals surface area (Å²) in [5.74, 6) is 0. The Balaban J connectivity index is 2.04. The topological polar surface area (TPSA) is 38.0 Å². The maximum Gasteiger partial charge on any atom is 0.0631 e. The second kappa shape index (κ2) is 5.52. The third-order valence-electron chi connectivity index (χ3n) is 3.08. The van der Waals surface area contributed by atoms with Gasteiger partial charge >= 0.3 is 0 Å². The molecule has 1 aliphatic carbocycles. The Morgan fingerprint density at radius 3 is 2.19 bits per heavy atom. The van der Waals surface area contributed by atoms with E-state index in [-0.39, 0.29) is 0 Å². The molecule has 0 aliphatic heterocycles. The first kappa shape index (κ1) is 12.4. The molecule has 88 valence electrons. The Kier molecular flexibility index (Phi) is 4.27.